The molecule has 0 atom stereocenters. The molecule has 0 spiro atoms. The Balaban J connectivity index is 2.69. The Hall–Kier alpha value is -2.24. The number of amides is 2. The number of primary amides is 1. The van der Waals surface area contributed by atoms with Crippen LogP contribution >= 0.6 is 0 Å². The topological polar surface area (TPSA) is 85.9 Å². The van der Waals surface area contributed by atoms with Crippen LogP contribution in [0.1, 0.15) is 25.8 Å². The zero-order valence-corrected chi connectivity index (χ0v) is 12.1. The SMILES string of the molecule is COc1cc(/C=N/NC(N)=O)ccc1OCCC(C)C. The molecule has 6 nitrogen and oxygen atoms in total. The Kier molecular flexibility index (Phi) is 6.36. The van der Waals surface area contributed by atoms with Gasteiger partial charge in [-0.15, -0.1) is 0 Å². The minimum Gasteiger partial charge on any atom is -0.493 e. The molecule has 0 aliphatic carbocycles. The first-order valence-corrected chi connectivity index (χ1v) is 6.42. The van der Waals surface area contributed by atoms with E-state index in [1.54, 1.807) is 13.2 Å². The van der Waals surface area contributed by atoms with E-state index in [0.29, 0.717) is 24.0 Å². The second-order valence-corrected chi connectivity index (χ2v) is 4.68. The highest BCUT2D eigenvalue weighted by atomic mass is 16.5. The number of carbonyl (C=O) groups excluding carboxylic acids is 1. The number of nitrogens with two attached hydrogens (primary N) is 1. The van der Waals surface area contributed by atoms with Crippen molar-refractivity contribution >= 4 is 12.2 Å². The first-order chi connectivity index (χ1) is 9.52. The van der Waals surface area contributed by atoms with E-state index in [2.05, 4.69) is 24.4 Å². The smallest absolute Gasteiger partial charge is 0.332 e. The summed E-state index contributed by atoms with van der Waals surface area (Å²) >= 11 is 0. The summed E-state index contributed by atoms with van der Waals surface area (Å²) in [6, 6.07) is 4.70. The van der Waals surface area contributed by atoms with Gasteiger partial charge in [-0.05, 0) is 36.1 Å². The van der Waals surface area contributed by atoms with Gasteiger partial charge in [0.15, 0.2) is 11.5 Å². The summed E-state index contributed by atoms with van der Waals surface area (Å²) in [4.78, 5) is 10.5. The zero-order chi connectivity index (χ0) is 15.0. The normalized spacial score (nSPS) is 10.8. The Morgan fingerprint density at radius 3 is 2.80 bits per heavy atom. The van der Waals surface area contributed by atoms with Crippen molar-refractivity contribution in [3.8, 4) is 11.5 Å². The van der Waals surface area contributed by atoms with Gasteiger partial charge in [0.05, 0.1) is 19.9 Å². The lowest BCUT2D eigenvalue weighted by atomic mass is 10.1. The number of hydrazone groups is 1. The van der Waals surface area contributed by atoms with Crippen molar-refractivity contribution in [2.75, 3.05) is 13.7 Å². The summed E-state index contributed by atoms with van der Waals surface area (Å²) in [5.41, 5.74) is 7.81. The molecule has 0 aliphatic rings. The summed E-state index contributed by atoms with van der Waals surface area (Å²) in [6.45, 7) is 4.93. The maximum Gasteiger partial charge on any atom is 0.332 e. The third-order valence-electron chi connectivity index (χ3n) is 2.53. The molecule has 0 heterocycles. The first-order valence-electron chi connectivity index (χ1n) is 6.42. The zero-order valence-electron chi connectivity index (χ0n) is 12.1. The van der Waals surface area contributed by atoms with E-state index in [0.717, 1.165) is 12.0 Å². The van der Waals surface area contributed by atoms with E-state index >= 15 is 0 Å². The molecule has 0 fully saturated rings. The highest BCUT2D eigenvalue weighted by Crippen LogP contribution is 2.27. The summed E-state index contributed by atoms with van der Waals surface area (Å²) in [5, 5.41) is 3.69. The van der Waals surface area contributed by atoms with Gasteiger partial charge in [0.2, 0.25) is 0 Å². The summed E-state index contributed by atoms with van der Waals surface area (Å²) < 4.78 is 10.9. The van der Waals surface area contributed by atoms with Crippen molar-refractivity contribution < 1.29 is 14.3 Å². The van der Waals surface area contributed by atoms with Crippen molar-refractivity contribution in [2.24, 2.45) is 16.8 Å². The monoisotopic (exact) mass is 279 g/mol. The van der Waals surface area contributed by atoms with Crippen LogP contribution in [-0.2, 0) is 0 Å². The second-order valence-electron chi connectivity index (χ2n) is 4.68. The molecule has 20 heavy (non-hydrogen) atoms. The molecule has 0 unspecified atom stereocenters. The number of nitrogens with zero attached hydrogens (tertiary/aromatic N) is 1. The fourth-order valence-corrected chi connectivity index (χ4v) is 1.46. The molecule has 0 bridgehead atoms. The molecule has 6 heteroatoms. The van der Waals surface area contributed by atoms with Crippen molar-refractivity contribution in [1.29, 1.82) is 0 Å². The average molecular weight is 279 g/mol. The fraction of sp³-hybridized carbons (Fsp3) is 0.429. The second kappa shape index (κ2) is 8.04. The average Bonchev–Trinajstić information content (AvgIpc) is 2.39. The quantitative estimate of drug-likeness (QED) is 0.592. The summed E-state index contributed by atoms with van der Waals surface area (Å²) in [5.74, 6) is 1.90. The van der Waals surface area contributed by atoms with Crippen LogP contribution < -0.4 is 20.6 Å². The fourth-order valence-electron chi connectivity index (χ4n) is 1.46. The molecule has 0 saturated carbocycles. The maximum absolute atomic E-state index is 10.5. The van der Waals surface area contributed by atoms with Crippen LogP contribution in [0.2, 0.25) is 0 Å². The van der Waals surface area contributed by atoms with Gasteiger partial charge < -0.3 is 15.2 Å². The van der Waals surface area contributed by atoms with E-state index in [1.165, 1.54) is 6.21 Å². The van der Waals surface area contributed by atoms with Crippen molar-refractivity contribution in [1.82, 2.24) is 5.43 Å². The van der Waals surface area contributed by atoms with Crippen LogP contribution in [0.15, 0.2) is 23.3 Å². The number of methoxy groups -OCH3 is 1. The lowest BCUT2D eigenvalue weighted by Crippen LogP contribution is -2.24. The minimum absolute atomic E-state index is 0.590. The van der Waals surface area contributed by atoms with Gasteiger partial charge in [-0.3, -0.25) is 0 Å². The van der Waals surface area contributed by atoms with E-state index < -0.39 is 6.03 Å². The Labute approximate surface area is 118 Å². The van der Waals surface area contributed by atoms with E-state index in [1.807, 2.05) is 12.1 Å². The van der Waals surface area contributed by atoms with Gasteiger partial charge in [-0.1, -0.05) is 13.8 Å². The van der Waals surface area contributed by atoms with E-state index in [9.17, 15) is 4.79 Å². The lowest BCUT2D eigenvalue weighted by Gasteiger charge is -2.12. The van der Waals surface area contributed by atoms with Crippen LogP contribution in [0.4, 0.5) is 4.79 Å². The van der Waals surface area contributed by atoms with Crippen LogP contribution in [0.5, 0.6) is 11.5 Å². The number of ether oxygens (including phenoxy) is 2. The first kappa shape index (κ1) is 15.8. The predicted molar refractivity (Wildman–Crippen MR) is 78.3 cm³/mol. The molecular weight excluding hydrogens is 258 g/mol. The van der Waals surface area contributed by atoms with E-state index in [-0.39, 0.29) is 0 Å². The third kappa shape index (κ3) is 5.60. The predicted octanol–water partition coefficient (Wildman–Crippen LogP) is 2.12. The largest absolute Gasteiger partial charge is 0.493 e. The maximum atomic E-state index is 10.5. The van der Waals surface area contributed by atoms with Gasteiger partial charge >= 0.3 is 6.03 Å². The number of benzene rings is 1. The van der Waals surface area contributed by atoms with Crippen LogP contribution in [0, 0.1) is 5.92 Å². The molecule has 1 rings (SSSR count). The number of hydrogen-bond acceptors (Lipinski definition) is 4. The minimum atomic E-state index is -0.707. The molecule has 0 aromatic heterocycles. The van der Waals surface area contributed by atoms with Gasteiger partial charge in [-0.2, -0.15) is 5.10 Å². The molecule has 1 aromatic carbocycles. The number of urea groups is 1. The lowest BCUT2D eigenvalue weighted by molar-refractivity contribution is 0.249. The van der Waals surface area contributed by atoms with Gasteiger partial charge in [0.25, 0.3) is 0 Å². The molecule has 1 aromatic rings. The summed E-state index contributed by atoms with van der Waals surface area (Å²) in [7, 11) is 1.58. The standard InChI is InChI=1S/C14H21N3O3/c1-10(2)6-7-20-12-5-4-11(8-13(12)19-3)9-16-17-14(15)18/h4-5,8-10H,6-7H2,1-3H3,(H3,15,17,18)/b16-9+. The molecule has 0 saturated heterocycles. The van der Waals surface area contributed by atoms with Crippen LogP contribution in [0.3, 0.4) is 0 Å². The Morgan fingerprint density at radius 1 is 1.45 bits per heavy atom. The van der Waals surface area contributed by atoms with Crippen LogP contribution in [-0.4, -0.2) is 26.0 Å². The number of carbonyl (C=O) groups is 1. The molecule has 2 amide bonds. The Bertz CT molecular complexity index is 473. The van der Waals surface area contributed by atoms with Crippen LogP contribution in [0.25, 0.3) is 0 Å². The van der Waals surface area contributed by atoms with Crippen molar-refractivity contribution in [3.63, 3.8) is 0 Å². The highest BCUT2D eigenvalue weighted by Gasteiger charge is 2.05. The molecule has 110 valence electrons. The molecule has 3 N–H and O–H groups in total. The highest BCUT2D eigenvalue weighted by molar-refractivity contribution is 5.82. The molecular formula is C14H21N3O3. The van der Waals surface area contributed by atoms with Crippen molar-refractivity contribution in [2.45, 2.75) is 20.3 Å². The van der Waals surface area contributed by atoms with E-state index in [4.69, 9.17) is 15.2 Å². The van der Waals surface area contributed by atoms with Gasteiger partial charge in [0, 0.05) is 0 Å². The number of rotatable bonds is 7. The Morgan fingerprint density at radius 2 is 2.20 bits per heavy atom. The molecule has 0 radical (unpaired) electrons. The summed E-state index contributed by atoms with van der Waals surface area (Å²) in [6.07, 6.45) is 2.46. The number of hydrogen-bond donors (Lipinski definition) is 2. The van der Waals surface area contributed by atoms with Gasteiger partial charge in [-0.25, -0.2) is 10.2 Å². The number of nitrogens with one attached hydrogen (secondary N) is 1. The van der Waals surface area contributed by atoms with Crippen molar-refractivity contribution in [3.05, 3.63) is 23.8 Å². The molecule has 0 aliphatic heterocycles. The third-order valence-corrected chi connectivity index (χ3v) is 2.53. The van der Waals surface area contributed by atoms with Gasteiger partial charge in [0.1, 0.15) is 0 Å².